The van der Waals surface area contributed by atoms with Crippen LogP contribution in [0.4, 0.5) is 0 Å². The van der Waals surface area contributed by atoms with Gasteiger partial charge in [-0.2, -0.15) is 0 Å². The number of aliphatic imine (C=N–C) groups is 1. The number of likely N-dealkylation sites (N-methyl/N-ethyl adjacent to an activating group) is 1. The maximum absolute atomic E-state index is 5.64. The van der Waals surface area contributed by atoms with Crippen molar-refractivity contribution in [2.45, 2.75) is 26.4 Å². The number of nitrogens with one attached hydrogen (secondary N) is 2. The van der Waals surface area contributed by atoms with Crippen molar-refractivity contribution in [1.29, 1.82) is 0 Å². The van der Waals surface area contributed by atoms with Crippen LogP contribution in [0.1, 0.15) is 31.2 Å². The normalized spacial score (nSPS) is 12.9. The number of hydrogen-bond acceptors (Lipinski definition) is 4. The van der Waals surface area contributed by atoms with Crippen molar-refractivity contribution in [2.75, 3.05) is 33.8 Å². The van der Waals surface area contributed by atoms with Crippen LogP contribution in [-0.2, 0) is 6.54 Å². The molecule has 0 spiro atoms. The van der Waals surface area contributed by atoms with Gasteiger partial charge in [0.15, 0.2) is 5.96 Å². The molecular formula is C20H30N4O2. The molecule has 2 aromatic rings. The van der Waals surface area contributed by atoms with Gasteiger partial charge in [-0.1, -0.05) is 26.0 Å². The summed E-state index contributed by atoms with van der Waals surface area (Å²) in [7, 11) is 3.45. The number of furan rings is 1. The highest BCUT2D eigenvalue weighted by Gasteiger charge is 2.20. The third-order valence-electron chi connectivity index (χ3n) is 4.43. The first-order chi connectivity index (χ1) is 12.7. The van der Waals surface area contributed by atoms with E-state index in [0.717, 1.165) is 37.1 Å². The van der Waals surface area contributed by atoms with Crippen molar-refractivity contribution < 1.29 is 9.15 Å². The van der Waals surface area contributed by atoms with Gasteiger partial charge in [0.25, 0.3) is 0 Å². The standard InChI is InChI=1S/C20H30N4O2/c1-5-24(6-2)18(19-8-7-13-26-19)15-23-20(21-3)22-14-16-9-11-17(25-4)12-10-16/h7-13,18H,5-6,14-15H2,1-4H3,(H2,21,22,23). The van der Waals surface area contributed by atoms with E-state index in [-0.39, 0.29) is 6.04 Å². The molecule has 0 radical (unpaired) electrons. The summed E-state index contributed by atoms with van der Waals surface area (Å²) in [6.07, 6.45) is 1.72. The average Bonchev–Trinajstić information content (AvgIpc) is 3.22. The summed E-state index contributed by atoms with van der Waals surface area (Å²) in [5.41, 5.74) is 1.17. The van der Waals surface area contributed by atoms with Crippen LogP contribution in [0.15, 0.2) is 52.1 Å². The fourth-order valence-electron chi connectivity index (χ4n) is 2.90. The zero-order valence-corrected chi connectivity index (χ0v) is 16.2. The van der Waals surface area contributed by atoms with E-state index in [1.165, 1.54) is 5.56 Å². The van der Waals surface area contributed by atoms with E-state index in [4.69, 9.17) is 9.15 Å². The number of hydrogen-bond donors (Lipinski definition) is 2. The molecule has 6 heteroatoms. The molecule has 0 aliphatic rings. The fraction of sp³-hybridized carbons (Fsp3) is 0.450. The first-order valence-corrected chi connectivity index (χ1v) is 9.06. The predicted molar refractivity (Wildman–Crippen MR) is 106 cm³/mol. The molecule has 1 atom stereocenters. The largest absolute Gasteiger partial charge is 0.497 e. The first-order valence-electron chi connectivity index (χ1n) is 9.06. The van der Waals surface area contributed by atoms with Crippen molar-refractivity contribution in [3.63, 3.8) is 0 Å². The molecule has 1 unspecified atom stereocenters. The Labute approximate surface area is 156 Å². The summed E-state index contributed by atoms with van der Waals surface area (Å²) < 4.78 is 10.8. The zero-order chi connectivity index (χ0) is 18.8. The predicted octanol–water partition coefficient (Wildman–Crippen LogP) is 3.04. The number of benzene rings is 1. The van der Waals surface area contributed by atoms with Crippen molar-refractivity contribution in [1.82, 2.24) is 15.5 Å². The highest BCUT2D eigenvalue weighted by Crippen LogP contribution is 2.20. The lowest BCUT2D eigenvalue weighted by Crippen LogP contribution is -2.42. The maximum atomic E-state index is 5.64. The van der Waals surface area contributed by atoms with Gasteiger partial charge >= 0.3 is 0 Å². The molecule has 0 saturated heterocycles. The van der Waals surface area contributed by atoms with E-state index in [0.29, 0.717) is 6.54 Å². The van der Waals surface area contributed by atoms with E-state index in [2.05, 4.69) is 34.4 Å². The molecule has 1 aromatic heterocycles. The van der Waals surface area contributed by atoms with Crippen LogP contribution in [0.3, 0.4) is 0 Å². The molecule has 1 heterocycles. The van der Waals surface area contributed by atoms with Crippen LogP contribution < -0.4 is 15.4 Å². The van der Waals surface area contributed by atoms with Crippen LogP contribution in [0.2, 0.25) is 0 Å². The highest BCUT2D eigenvalue weighted by atomic mass is 16.5. The Hall–Kier alpha value is -2.47. The van der Waals surface area contributed by atoms with Crippen molar-refractivity contribution >= 4 is 5.96 Å². The Balaban J connectivity index is 1.93. The third kappa shape index (κ3) is 5.52. The van der Waals surface area contributed by atoms with E-state index in [1.54, 1.807) is 20.4 Å². The smallest absolute Gasteiger partial charge is 0.191 e. The SMILES string of the molecule is CCN(CC)C(CNC(=NC)NCc1ccc(OC)cc1)c1ccco1. The third-order valence-corrected chi connectivity index (χ3v) is 4.43. The molecule has 0 aliphatic carbocycles. The molecule has 142 valence electrons. The summed E-state index contributed by atoms with van der Waals surface area (Å²) in [4.78, 5) is 6.69. The van der Waals surface area contributed by atoms with Gasteiger partial charge in [-0.25, -0.2) is 0 Å². The molecule has 2 N–H and O–H groups in total. The second-order valence-electron chi connectivity index (χ2n) is 5.91. The van der Waals surface area contributed by atoms with Crippen LogP contribution in [0.25, 0.3) is 0 Å². The van der Waals surface area contributed by atoms with Gasteiger partial charge in [-0.3, -0.25) is 9.89 Å². The number of methoxy groups -OCH3 is 1. The lowest BCUT2D eigenvalue weighted by atomic mass is 10.2. The minimum absolute atomic E-state index is 0.166. The monoisotopic (exact) mass is 358 g/mol. The molecular weight excluding hydrogens is 328 g/mol. The Morgan fingerprint density at radius 2 is 1.88 bits per heavy atom. The summed E-state index contributed by atoms with van der Waals surface area (Å²) in [6.45, 7) is 7.66. The second-order valence-corrected chi connectivity index (χ2v) is 5.91. The minimum Gasteiger partial charge on any atom is -0.497 e. The van der Waals surface area contributed by atoms with Gasteiger partial charge in [0.1, 0.15) is 11.5 Å². The topological polar surface area (TPSA) is 62.0 Å². The molecule has 0 aliphatic heterocycles. The van der Waals surface area contributed by atoms with Gasteiger partial charge in [-0.05, 0) is 42.9 Å². The number of guanidine groups is 1. The molecule has 0 bridgehead atoms. The Morgan fingerprint density at radius 3 is 2.42 bits per heavy atom. The van der Waals surface area contributed by atoms with Gasteiger partial charge in [0, 0.05) is 20.1 Å². The van der Waals surface area contributed by atoms with Crippen LogP contribution in [0.5, 0.6) is 5.75 Å². The average molecular weight is 358 g/mol. The van der Waals surface area contributed by atoms with Crippen molar-refractivity contribution in [3.8, 4) is 5.75 Å². The Morgan fingerprint density at radius 1 is 1.15 bits per heavy atom. The number of nitrogens with zero attached hydrogens (tertiary/aromatic N) is 2. The van der Waals surface area contributed by atoms with Gasteiger partial charge in [0.05, 0.1) is 19.4 Å². The number of ether oxygens (including phenoxy) is 1. The first kappa shape index (κ1) is 19.8. The number of rotatable bonds is 9. The van der Waals surface area contributed by atoms with E-state index in [9.17, 15) is 0 Å². The van der Waals surface area contributed by atoms with Gasteiger partial charge in [0.2, 0.25) is 0 Å². The Kier molecular flexibility index (Phi) is 8.02. The van der Waals surface area contributed by atoms with E-state index < -0.39 is 0 Å². The van der Waals surface area contributed by atoms with E-state index >= 15 is 0 Å². The summed E-state index contributed by atoms with van der Waals surface area (Å²) in [5, 5.41) is 6.76. The molecule has 0 fully saturated rings. The van der Waals surface area contributed by atoms with Crippen LogP contribution in [0, 0.1) is 0 Å². The van der Waals surface area contributed by atoms with Crippen LogP contribution >= 0.6 is 0 Å². The summed E-state index contributed by atoms with van der Waals surface area (Å²) in [6, 6.07) is 12.1. The lowest BCUT2D eigenvalue weighted by molar-refractivity contribution is 0.193. The lowest BCUT2D eigenvalue weighted by Gasteiger charge is -2.28. The van der Waals surface area contributed by atoms with E-state index in [1.807, 2.05) is 36.4 Å². The Bertz CT molecular complexity index is 649. The zero-order valence-electron chi connectivity index (χ0n) is 16.2. The summed E-state index contributed by atoms with van der Waals surface area (Å²) in [5.74, 6) is 2.59. The van der Waals surface area contributed by atoms with Crippen molar-refractivity contribution in [3.05, 3.63) is 54.0 Å². The van der Waals surface area contributed by atoms with Crippen molar-refractivity contribution in [2.24, 2.45) is 4.99 Å². The summed E-state index contributed by atoms with van der Waals surface area (Å²) >= 11 is 0. The molecule has 0 saturated carbocycles. The van der Waals surface area contributed by atoms with Gasteiger partial charge < -0.3 is 19.8 Å². The molecule has 0 amide bonds. The maximum Gasteiger partial charge on any atom is 0.191 e. The highest BCUT2D eigenvalue weighted by molar-refractivity contribution is 5.79. The quantitative estimate of drug-likeness (QED) is 0.533. The minimum atomic E-state index is 0.166. The molecule has 6 nitrogen and oxygen atoms in total. The van der Waals surface area contributed by atoms with Crippen LogP contribution in [-0.4, -0.2) is 44.7 Å². The molecule has 26 heavy (non-hydrogen) atoms. The van der Waals surface area contributed by atoms with Gasteiger partial charge in [-0.15, -0.1) is 0 Å². The molecule has 1 aromatic carbocycles. The fourth-order valence-corrected chi connectivity index (χ4v) is 2.90. The second kappa shape index (κ2) is 10.5. The molecule has 2 rings (SSSR count).